The van der Waals surface area contributed by atoms with Gasteiger partial charge < -0.3 is 4.74 Å². The van der Waals surface area contributed by atoms with Gasteiger partial charge in [0.25, 0.3) is 0 Å². The molecule has 1 saturated heterocycles. The second-order valence-electron chi connectivity index (χ2n) is 10.8. The molecule has 5 rings (SSSR count). The van der Waals surface area contributed by atoms with E-state index in [9.17, 15) is 14.4 Å². The molecule has 1 heterocycles. The number of anilines is 1. The molecule has 33 heavy (non-hydrogen) atoms. The summed E-state index contributed by atoms with van der Waals surface area (Å²) in [6.45, 7) is 6.60. The van der Waals surface area contributed by atoms with Crippen LogP contribution in [0.25, 0.3) is 0 Å². The molecule has 2 amide bonds. The van der Waals surface area contributed by atoms with Crippen molar-refractivity contribution in [1.82, 2.24) is 0 Å². The normalized spacial score (nSPS) is 39.9. The minimum Gasteiger partial charge on any atom is -0.458 e. The quantitative estimate of drug-likeness (QED) is 0.265. The van der Waals surface area contributed by atoms with Gasteiger partial charge in [0.2, 0.25) is 11.8 Å². The lowest BCUT2D eigenvalue weighted by atomic mass is 9.75. The summed E-state index contributed by atoms with van der Waals surface area (Å²) in [4.78, 5) is 41.1. The highest BCUT2D eigenvalue weighted by molar-refractivity contribution is 9.12. The first-order chi connectivity index (χ1) is 15.7. The van der Waals surface area contributed by atoms with Crippen molar-refractivity contribution in [3.8, 4) is 0 Å². The largest absolute Gasteiger partial charge is 0.458 e. The molecule has 3 saturated carbocycles. The molecule has 5 nitrogen and oxygen atoms in total. The standard InChI is InChI=1S/C26H31Br2NO4/c1-12(2)16-9-4-13(3)10-19(16)33-26(32)14-5-7-15(8-6-14)29-24(30)20-17-11-18(21(20)25(29)31)23(28)22(17)27/h5-8,12-13,16-23H,4,9-11H2,1-3H3. The third-order valence-corrected chi connectivity index (χ3v) is 11.8. The number of hydrogen-bond donors (Lipinski definition) is 0. The smallest absolute Gasteiger partial charge is 0.338 e. The van der Waals surface area contributed by atoms with Crippen molar-refractivity contribution in [1.29, 1.82) is 0 Å². The van der Waals surface area contributed by atoms with Crippen molar-refractivity contribution >= 4 is 55.3 Å². The lowest BCUT2D eigenvalue weighted by molar-refractivity contribution is -0.123. The first kappa shape index (κ1) is 23.5. The number of nitrogens with zero attached hydrogens (tertiary/aromatic N) is 1. The molecule has 0 N–H and O–H groups in total. The molecule has 4 fully saturated rings. The van der Waals surface area contributed by atoms with Crippen LogP contribution in [0.2, 0.25) is 0 Å². The summed E-state index contributed by atoms with van der Waals surface area (Å²) in [6.07, 6.45) is 4.02. The lowest BCUT2D eigenvalue weighted by Crippen LogP contribution is -2.37. The zero-order valence-electron chi connectivity index (χ0n) is 19.2. The number of amides is 2. The summed E-state index contributed by atoms with van der Waals surface area (Å²) < 4.78 is 5.95. The Kier molecular flexibility index (Phi) is 6.26. The van der Waals surface area contributed by atoms with Crippen LogP contribution in [0.1, 0.15) is 56.8 Å². The number of halogens is 2. The van der Waals surface area contributed by atoms with E-state index in [1.165, 1.54) is 11.3 Å². The van der Waals surface area contributed by atoms with Crippen LogP contribution < -0.4 is 4.90 Å². The van der Waals surface area contributed by atoms with Gasteiger partial charge in [-0.25, -0.2) is 4.79 Å². The van der Waals surface area contributed by atoms with Crippen molar-refractivity contribution < 1.29 is 19.1 Å². The van der Waals surface area contributed by atoms with E-state index in [4.69, 9.17) is 4.74 Å². The third-order valence-electron chi connectivity index (χ3n) is 8.57. The first-order valence-electron chi connectivity index (χ1n) is 12.2. The van der Waals surface area contributed by atoms with Gasteiger partial charge in [-0.3, -0.25) is 14.5 Å². The highest BCUT2D eigenvalue weighted by atomic mass is 79.9. The molecule has 9 unspecified atom stereocenters. The van der Waals surface area contributed by atoms with Crippen LogP contribution in [0.5, 0.6) is 0 Å². The number of carbonyl (C=O) groups is 3. The minimum atomic E-state index is -0.329. The van der Waals surface area contributed by atoms with Crippen molar-refractivity contribution in [3.63, 3.8) is 0 Å². The predicted molar refractivity (Wildman–Crippen MR) is 133 cm³/mol. The second-order valence-corrected chi connectivity index (χ2v) is 12.9. The Bertz CT molecular complexity index is 932. The van der Waals surface area contributed by atoms with Crippen LogP contribution in [0, 0.1) is 41.4 Å². The number of rotatable bonds is 4. The molecule has 0 radical (unpaired) electrons. The summed E-state index contributed by atoms with van der Waals surface area (Å²) >= 11 is 7.45. The summed E-state index contributed by atoms with van der Waals surface area (Å²) in [6, 6.07) is 6.77. The van der Waals surface area contributed by atoms with Crippen LogP contribution >= 0.6 is 31.9 Å². The maximum absolute atomic E-state index is 13.2. The maximum Gasteiger partial charge on any atom is 0.338 e. The Morgan fingerprint density at radius 2 is 1.55 bits per heavy atom. The summed E-state index contributed by atoms with van der Waals surface area (Å²) in [5.74, 6) is 0.760. The van der Waals surface area contributed by atoms with Gasteiger partial charge in [0, 0.05) is 9.65 Å². The van der Waals surface area contributed by atoms with E-state index < -0.39 is 0 Å². The SMILES string of the molecule is CC1CCC(C(C)C)C(OC(=O)c2ccc(N3C(=O)C4C5CC(C(Br)C5Br)C4C3=O)cc2)C1. The highest BCUT2D eigenvalue weighted by Crippen LogP contribution is 2.60. The zero-order chi connectivity index (χ0) is 23.6. The molecular formula is C26H31Br2NO4. The van der Waals surface area contributed by atoms with E-state index >= 15 is 0 Å². The molecule has 0 aromatic heterocycles. The molecule has 1 aromatic rings. The average Bonchev–Trinajstić information content (AvgIpc) is 3.38. The molecule has 7 heteroatoms. The van der Waals surface area contributed by atoms with Gasteiger partial charge in [-0.05, 0) is 73.1 Å². The number of hydrogen-bond acceptors (Lipinski definition) is 4. The second kappa shape index (κ2) is 8.78. The number of carbonyl (C=O) groups excluding carboxylic acids is 3. The molecular weight excluding hydrogens is 550 g/mol. The number of imide groups is 1. The fraction of sp³-hybridized carbons (Fsp3) is 0.654. The monoisotopic (exact) mass is 579 g/mol. The van der Waals surface area contributed by atoms with Gasteiger partial charge in [-0.2, -0.15) is 0 Å². The number of esters is 1. The summed E-state index contributed by atoms with van der Waals surface area (Å²) in [5.41, 5.74) is 0.999. The van der Waals surface area contributed by atoms with E-state index in [2.05, 4.69) is 52.6 Å². The van der Waals surface area contributed by atoms with Crippen molar-refractivity contribution in [2.75, 3.05) is 4.90 Å². The van der Waals surface area contributed by atoms with Gasteiger partial charge >= 0.3 is 5.97 Å². The van der Waals surface area contributed by atoms with Crippen LogP contribution in [-0.2, 0) is 14.3 Å². The molecule has 4 aliphatic rings. The van der Waals surface area contributed by atoms with Gasteiger partial charge in [0.1, 0.15) is 6.10 Å². The topological polar surface area (TPSA) is 63.7 Å². The molecule has 2 bridgehead atoms. The molecule has 3 aliphatic carbocycles. The number of ether oxygens (including phenoxy) is 1. The fourth-order valence-electron chi connectivity index (χ4n) is 6.81. The van der Waals surface area contributed by atoms with E-state index in [0.717, 1.165) is 19.3 Å². The van der Waals surface area contributed by atoms with Crippen molar-refractivity contribution in [3.05, 3.63) is 29.8 Å². The van der Waals surface area contributed by atoms with E-state index in [1.54, 1.807) is 24.3 Å². The lowest BCUT2D eigenvalue weighted by Gasteiger charge is -2.36. The predicted octanol–water partition coefficient (Wildman–Crippen LogP) is 5.59. The Hall–Kier alpha value is -1.21. The van der Waals surface area contributed by atoms with E-state index in [-0.39, 0.29) is 57.2 Å². The van der Waals surface area contributed by atoms with Crippen LogP contribution in [0.3, 0.4) is 0 Å². The molecule has 0 spiro atoms. The van der Waals surface area contributed by atoms with Gasteiger partial charge in [0.15, 0.2) is 0 Å². The van der Waals surface area contributed by atoms with Crippen molar-refractivity contribution in [2.24, 2.45) is 41.4 Å². The van der Waals surface area contributed by atoms with Crippen LogP contribution in [-0.4, -0.2) is 33.5 Å². The van der Waals surface area contributed by atoms with E-state index in [0.29, 0.717) is 29.0 Å². The van der Waals surface area contributed by atoms with Crippen LogP contribution in [0.15, 0.2) is 24.3 Å². The number of alkyl halides is 2. The first-order valence-corrected chi connectivity index (χ1v) is 14.0. The minimum absolute atomic E-state index is 0.0630. The highest BCUT2D eigenvalue weighted by Gasteiger charge is 2.66. The molecule has 1 aliphatic heterocycles. The van der Waals surface area contributed by atoms with Gasteiger partial charge in [-0.15, -0.1) is 0 Å². The van der Waals surface area contributed by atoms with Crippen molar-refractivity contribution in [2.45, 2.75) is 62.2 Å². The number of fused-ring (bicyclic) bond motifs is 5. The average molecular weight is 581 g/mol. The third kappa shape index (κ3) is 3.81. The van der Waals surface area contributed by atoms with Crippen LogP contribution in [0.4, 0.5) is 5.69 Å². The fourth-order valence-corrected chi connectivity index (χ4v) is 8.68. The molecule has 178 valence electrons. The van der Waals surface area contributed by atoms with E-state index in [1.807, 2.05) is 0 Å². The van der Waals surface area contributed by atoms with Gasteiger partial charge in [-0.1, -0.05) is 59.1 Å². The van der Waals surface area contributed by atoms with Gasteiger partial charge in [0.05, 0.1) is 23.1 Å². The molecule has 9 atom stereocenters. The Balaban J connectivity index is 1.30. The summed E-state index contributed by atoms with van der Waals surface area (Å²) in [5, 5.41) is 0. The number of benzene rings is 1. The maximum atomic E-state index is 13.2. The zero-order valence-corrected chi connectivity index (χ0v) is 22.4. The molecule has 1 aromatic carbocycles. The Labute approximate surface area is 212 Å². The Morgan fingerprint density at radius 3 is 2.09 bits per heavy atom. The summed E-state index contributed by atoms with van der Waals surface area (Å²) in [7, 11) is 0. The Morgan fingerprint density at radius 1 is 0.970 bits per heavy atom.